The molecule has 33 heavy (non-hydrogen) atoms. The fourth-order valence-corrected chi connectivity index (χ4v) is 3.39. The first-order valence-corrected chi connectivity index (χ1v) is 11.0. The number of hydrogen-bond donors (Lipinski definition) is 2. The number of anilines is 1. The zero-order chi connectivity index (χ0) is 23.6. The Hall–Kier alpha value is -3.87. The van der Waals surface area contributed by atoms with Gasteiger partial charge in [-0.1, -0.05) is 43.7 Å². The van der Waals surface area contributed by atoms with Crippen molar-refractivity contribution in [2.75, 3.05) is 32.1 Å². The molecule has 0 unspecified atom stereocenters. The molecule has 0 atom stereocenters. The molecule has 3 amide bonds. The SMILES string of the molecule is CCCCN(CC(=O)NCC(=O)Nc1ccc(OC)cc1)C(=O)c1ccc2ccccc2c1. The van der Waals surface area contributed by atoms with Crippen LogP contribution in [0.1, 0.15) is 30.1 Å². The Morgan fingerprint density at radius 2 is 1.64 bits per heavy atom. The van der Waals surface area contributed by atoms with Gasteiger partial charge in [0.15, 0.2) is 0 Å². The average molecular weight is 448 g/mol. The van der Waals surface area contributed by atoms with Crippen molar-refractivity contribution in [2.45, 2.75) is 19.8 Å². The lowest BCUT2D eigenvalue weighted by molar-refractivity contribution is -0.124. The molecule has 0 fully saturated rings. The maximum atomic E-state index is 13.1. The highest BCUT2D eigenvalue weighted by atomic mass is 16.5. The van der Waals surface area contributed by atoms with E-state index in [1.807, 2.05) is 43.3 Å². The molecule has 0 spiro atoms. The van der Waals surface area contributed by atoms with Gasteiger partial charge < -0.3 is 20.3 Å². The van der Waals surface area contributed by atoms with Crippen LogP contribution in [0.25, 0.3) is 10.8 Å². The van der Waals surface area contributed by atoms with Crippen molar-refractivity contribution in [1.82, 2.24) is 10.2 Å². The number of ether oxygens (including phenoxy) is 1. The number of methoxy groups -OCH3 is 1. The van der Waals surface area contributed by atoms with Crippen LogP contribution in [0.15, 0.2) is 66.7 Å². The van der Waals surface area contributed by atoms with Crippen molar-refractivity contribution in [3.8, 4) is 5.75 Å². The van der Waals surface area contributed by atoms with E-state index in [1.165, 1.54) is 4.90 Å². The molecule has 0 aliphatic heterocycles. The van der Waals surface area contributed by atoms with E-state index in [0.29, 0.717) is 23.5 Å². The molecule has 0 bridgehead atoms. The maximum Gasteiger partial charge on any atom is 0.254 e. The van der Waals surface area contributed by atoms with Crippen molar-refractivity contribution in [3.63, 3.8) is 0 Å². The van der Waals surface area contributed by atoms with Crippen LogP contribution >= 0.6 is 0 Å². The first-order valence-electron chi connectivity index (χ1n) is 11.0. The van der Waals surface area contributed by atoms with E-state index >= 15 is 0 Å². The van der Waals surface area contributed by atoms with E-state index in [0.717, 1.165) is 23.6 Å². The molecule has 0 aliphatic rings. The van der Waals surface area contributed by atoms with Crippen LogP contribution in [-0.2, 0) is 9.59 Å². The van der Waals surface area contributed by atoms with Crippen LogP contribution in [0.5, 0.6) is 5.75 Å². The number of nitrogens with zero attached hydrogens (tertiary/aromatic N) is 1. The normalized spacial score (nSPS) is 10.5. The fraction of sp³-hybridized carbons (Fsp3) is 0.269. The molecule has 0 aromatic heterocycles. The molecular weight excluding hydrogens is 418 g/mol. The second-order valence-corrected chi connectivity index (χ2v) is 7.70. The Bertz CT molecular complexity index is 1110. The smallest absolute Gasteiger partial charge is 0.254 e. The predicted octanol–water partition coefficient (Wildman–Crippen LogP) is 3.85. The lowest BCUT2D eigenvalue weighted by Crippen LogP contribution is -2.43. The second kappa shape index (κ2) is 11.7. The molecule has 2 N–H and O–H groups in total. The number of fused-ring (bicyclic) bond motifs is 1. The summed E-state index contributed by atoms with van der Waals surface area (Å²) in [4.78, 5) is 39.3. The third kappa shape index (κ3) is 6.80. The molecular formula is C26H29N3O4. The molecule has 3 rings (SSSR count). The molecule has 0 saturated carbocycles. The lowest BCUT2D eigenvalue weighted by atomic mass is 10.1. The Balaban J connectivity index is 1.58. The Labute approximate surface area is 193 Å². The minimum atomic E-state index is -0.384. The number of carbonyl (C=O) groups is 3. The Morgan fingerprint density at radius 3 is 2.33 bits per heavy atom. The van der Waals surface area contributed by atoms with E-state index in [1.54, 1.807) is 37.4 Å². The van der Waals surface area contributed by atoms with Crippen LogP contribution in [-0.4, -0.2) is 49.4 Å². The number of carbonyl (C=O) groups excluding carboxylic acids is 3. The summed E-state index contributed by atoms with van der Waals surface area (Å²) in [5, 5.41) is 7.33. The standard InChI is InChI=1S/C26H29N3O4/c1-3-4-15-29(26(32)21-10-9-19-7-5-6-8-20(19)16-21)18-25(31)27-17-24(30)28-22-11-13-23(33-2)14-12-22/h5-14,16H,3-4,15,17-18H2,1-2H3,(H,27,31)(H,28,30). The summed E-state index contributed by atoms with van der Waals surface area (Å²) in [5.41, 5.74) is 1.14. The van der Waals surface area contributed by atoms with Gasteiger partial charge in [0.25, 0.3) is 5.91 Å². The van der Waals surface area contributed by atoms with Gasteiger partial charge in [-0.15, -0.1) is 0 Å². The summed E-state index contributed by atoms with van der Waals surface area (Å²) in [7, 11) is 1.57. The number of nitrogens with one attached hydrogen (secondary N) is 2. The van der Waals surface area contributed by atoms with Gasteiger partial charge in [0.05, 0.1) is 20.2 Å². The Kier molecular flexibility index (Phi) is 8.41. The number of benzene rings is 3. The van der Waals surface area contributed by atoms with Crippen LogP contribution in [0.3, 0.4) is 0 Å². The predicted molar refractivity (Wildman–Crippen MR) is 129 cm³/mol. The molecule has 7 heteroatoms. The van der Waals surface area contributed by atoms with Crippen LogP contribution in [0.4, 0.5) is 5.69 Å². The molecule has 3 aromatic carbocycles. The van der Waals surface area contributed by atoms with Gasteiger partial charge in [-0.2, -0.15) is 0 Å². The van der Waals surface area contributed by atoms with Crippen molar-refractivity contribution in [3.05, 3.63) is 72.3 Å². The monoisotopic (exact) mass is 447 g/mol. The number of unbranched alkanes of at least 4 members (excludes halogenated alkanes) is 1. The molecule has 0 saturated heterocycles. The first kappa shape index (κ1) is 23.8. The van der Waals surface area contributed by atoms with Gasteiger partial charge in [0, 0.05) is 17.8 Å². The van der Waals surface area contributed by atoms with Gasteiger partial charge in [-0.05, 0) is 53.6 Å². The van der Waals surface area contributed by atoms with Crippen molar-refractivity contribution < 1.29 is 19.1 Å². The molecule has 0 aliphatic carbocycles. The number of amides is 3. The van der Waals surface area contributed by atoms with Crippen LogP contribution in [0.2, 0.25) is 0 Å². The average Bonchev–Trinajstić information content (AvgIpc) is 2.85. The molecule has 3 aromatic rings. The van der Waals surface area contributed by atoms with E-state index in [-0.39, 0.29) is 30.8 Å². The minimum Gasteiger partial charge on any atom is -0.497 e. The van der Waals surface area contributed by atoms with E-state index < -0.39 is 0 Å². The molecule has 0 heterocycles. The van der Waals surface area contributed by atoms with Gasteiger partial charge in [-0.3, -0.25) is 14.4 Å². The summed E-state index contributed by atoms with van der Waals surface area (Å²) >= 11 is 0. The minimum absolute atomic E-state index is 0.110. The van der Waals surface area contributed by atoms with Crippen molar-refractivity contribution in [1.29, 1.82) is 0 Å². The number of rotatable bonds is 10. The first-order chi connectivity index (χ1) is 16.0. The topological polar surface area (TPSA) is 87.7 Å². The third-order valence-electron chi connectivity index (χ3n) is 5.22. The zero-order valence-electron chi connectivity index (χ0n) is 19.0. The number of hydrogen-bond acceptors (Lipinski definition) is 4. The second-order valence-electron chi connectivity index (χ2n) is 7.70. The summed E-state index contributed by atoms with van der Waals surface area (Å²) in [6.45, 7) is 2.20. The van der Waals surface area contributed by atoms with Crippen LogP contribution < -0.4 is 15.4 Å². The van der Waals surface area contributed by atoms with Gasteiger partial charge in [0.1, 0.15) is 5.75 Å². The lowest BCUT2D eigenvalue weighted by Gasteiger charge is -2.22. The van der Waals surface area contributed by atoms with E-state index in [9.17, 15) is 14.4 Å². The summed E-state index contributed by atoms with van der Waals surface area (Å²) in [5.74, 6) is -0.254. The highest BCUT2D eigenvalue weighted by Gasteiger charge is 2.19. The highest BCUT2D eigenvalue weighted by Crippen LogP contribution is 2.17. The summed E-state index contributed by atoms with van der Waals surface area (Å²) in [6, 6.07) is 20.3. The quantitative estimate of drug-likeness (QED) is 0.494. The van der Waals surface area contributed by atoms with Crippen molar-refractivity contribution in [2.24, 2.45) is 0 Å². The maximum absolute atomic E-state index is 13.1. The van der Waals surface area contributed by atoms with Crippen molar-refractivity contribution >= 4 is 34.2 Å². The summed E-state index contributed by atoms with van der Waals surface area (Å²) < 4.78 is 5.09. The Morgan fingerprint density at radius 1 is 0.909 bits per heavy atom. The van der Waals surface area contributed by atoms with E-state index in [2.05, 4.69) is 10.6 Å². The summed E-state index contributed by atoms with van der Waals surface area (Å²) in [6.07, 6.45) is 1.68. The highest BCUT2D eigenvalue weighted by molar-refractivity contribution is 6.00. The third-order valence-corrected chi connectivity index (χ3v) is 5.22. The zero-order valence-corrected chi connectivity index (χ0v) is 19.0. The van der Waals surface area contributed by atoms with Crippen LogP contribution in [0, 0.1) is 0 Å². The van der Waals surface area contributed by atoms with Gasteiger partial charge in [0.2, 0.25) is 11.8 Å². The molecule has 0 radical (unpaired) electrons. The van der Waals surface area contributed by atoms with E-state index in [4.69, 9.17) is 4.74 Å². The fourth-order valence-electron chi connectivity index (χ4n) is 3.39. The van der Waals surface area contributed by atoms with Gasteiger partial charge in [-0.25, -0.2) is 0 Å². The molecule has 7 nitrogen and oxygen atoms in total. The molecule has 172 valence electrons. The van der Waals surface area contributed by atoms with Gasteiger partial charge >= 0.3 is 0 Å². The largest absolute Gasteiger partial charge is 0.497 e.